The van der Waals surface area contributed by atoms with Gasteiger partial charge in [0.15, 0.2) is 0 Å². The summed E-state index contributed by atoms with van der Waals surface area (Å²) in [4.78, 5) is 11.8. The zero-order chi connectivity index (χ0) is 13.5. The summed E-state index contributed by atoms with van der Waals surface area (Å²) in [5.41, 5.74) is 6.32. The fraction of sp³-hybridized carbons (Fsp3) is 0.462. The minimum absolute atomic E-state index is 0.0212. The molecular weight excluding hydrogens is 296 g/mol. The predicted octanol–water partition coefficient (Wildman–Crippen LogP) is 2.91. The SMILES string of the molecule is COc1ccc(Br)cc1NC(=O)CCCC(C)N. The molecule has 0 aliphatic heterocycles. The predicted molar refractivity (Wildman–Crippen MR) is 76.8 cm³/mol. The molecule has 18 heavy (non-hydrogen) atoms. The first-order valence-corrected chi connectivity index (χ1v) is 6.71. The smallest absolute Gasteiger partial charge is 0.224 e. The van der Waals surface area contributed by atoms with Gasteiger partial charge in [0.1, 0.15) is 5.75 Å². The molecule has 0 aliphatic carbocycles. The number of hydrogen-bond acceptors (Lipinski definition) is 3. The number of methoxy groups -OCH3 is 1. The van der Waals surface area contributed by atoms with Crippen molar-refractivity contribution < 1.29 is 9.53 Å². The first kappa shape index (κ1) is 15.0. The Morgan fingerprint density at radius 1 is 1.56 bits per heavy atom. The van der Waals surface area contributed by atoms with E-state index in [1.807, 2.05) is 25.1 Å². The van der Waals surface area contributed by atoms with Crippen LogP contribution in [0, 0.1) is 0 Å². The first-order chi connectivity index (χ1) is 8.52. The van der Waals surface area contributed by atoms with Crippen LogP contribution in [0.2, 0.25) is 0 Å². The molecule has 1 aromatic carbocycles. The van der Waals surface area contributed by atoms with Crippen molar-refractivity contribution in [3.8, 4) is 5.75 Å². The number of hydrogen-bond donors (Lipinski definition) is 2. The highest BCUT2D eigenvalue weighted by atomic mass is 79.9. The lowest BCUT2D eigenvalue weighted by atomic mass is 10.1. The second kappa shape index (κ2) is 7.38. The van der Waals surface area contributed by atoms with Crippen LogP contribution in [-0.2, 0) is 4.79 Å². The number of ether oxygens (including phenoxy) is 1. The van der Waals surface area contributed by atoms with Crippen molar-refractivity contribution in [2.24, 2.45) is 5.73 Å². The number of halogens is 1. The summed E-state index contributed by atoms with van der Waals surface area (Å²) in [6, 6.07) is 5.63. The Hall–Kier alpha value is -1.07. The minimum Gasteiger partial charge on any atom is -0.495 e. The molecule has 1 aromatic rings. The van der Waals surface area contributed by atoms with Gasteiger partial charge >= 0.3 is 0 Å². The van der Waals surface area contributed by atoms with Crippen molar-refractivity contribution in [3.63, 3.8) is 0 Å². The number of carbonyl (C=O) groups is 1. The molecule has 3 N–H and O–H groups in total. The molecule has 0 aliphatic rings. The summed E-state index contributed by atoms with van der Waals surface area (Å²) in [7, 11) is 1.58. The van der Waals surface area contributed by atoms with Gasteiger partial charge in [-0.25, -0.2) is 0 Å². The lowest BCUT2D eigenvalue weighted by Crippen LogP contribution is -2.17. The molecule has 4 nitrogen and oxygen atoms in total. The van der Waals surface area contributed by atoms with Crippen LogP contribution < -0.4 is 15.8 Å². The van der Waals surface area contributed by atoms with Crippen molar-refractivity contribution in [1.29, 1.82) is 0 Å². The Morgan fingerprint density at radius 3 is 2.89 bits per heavy atom. The molecule has 5 heteroatoms. The van der Waals surface area contributed by atoms with E-state index in [0.29, 0.717) is 17.9 Å². The zero-order valence-electron chi connectivity index (χ0n) is 10.7. The van der Waals surface area contributed by atoms with Gasteiger partial charge in [-0.1, -0.05) is 15.9 Å². The van der Waals surface area contributed by atoms with E-state index in [0.717, 1.165) is 17.3 Å². The van der Waals surface area contributed by atoms with Crippen LogP contribution in [-0.4, -0.2) is 19.1 Å². The molecule has 0 radical (unpaired) electrons. The number of benzene rings is 1. The van der Waals surface area contributed by atoms with Crippen molar-refractivity contribution in [2.45, 2.75) is 32.2 Å². The third-order valence-electron chi connectivity index (χ3n) is 2.50. The highest BCUT2D eigenvalue weighted by molar-refractivity contribution is 9.10. The van der Waals surface area contributed by atoms with E-state index in [2.05, 4.69) is 21.2 Å². The van der Waals surface area contributed by atoms with Crippen LogP contribution in [0.5, 0.6) is 5.75 Å². The standard InChI is InChI=1S/C13H19BrN2O2/c1-9(15)4-3-5-13(17)16-11-8-10(14)6-7-12(11)18-2/h6-9H,3-5,15H2,1-2H3,(H,16,17). The van der Waals surface area contributed by atoms with E-state index in [4.69, 9.17) is 10.5 Å². The highest BCUT2D eigenvalue weighted by Crippen LogP contribution is 2.28. The van der Waals surface area contributed by atoms with E-state index in [-0.39, 0.29) is 11.9 Å². The summed E-state index contributed by atoms with van der Waals surface area (Å²) < 4.78 is 6.09. The summed E-state index contributed by atoms with van der Waals surface area (Å²) in [6.45, 7) is 1.94. The molecule has 0 fully saturated rings. The Morgan fingerprint density at radius 2 is 2.28 bits per heavy atom. The third-order valence-corrected chi connectivity index (χ3v) is 2.99. The fourth-order valence-electron chi connectivity index (χ4n) is 1.58. The minimum atomic E-state index is -0.0212. The summed E-state index contributed by atoms with van der Waals surface area (Å²) in [6.07, 6.45) is 2.11. The van der Waals surface area contributed by atoms with Crippen molar-refractivity contribution in [1.82, 2.24) is 0 Å². The van der Waals surface area contributed by atoms with Gasteiger partial charge in [-0.2, -0.15) is 0 Å². The van der Waals surface area contributed by atoms with Crippen molar-refractivity contribution in [3.05, 3.63) is 22.7 Å². The second-order valence-electron chi connectivity index (χ2n) is 4.26. The van der Waals surface area contributed by atoms with E-state index < -0.39 is 0 Å². The Bertz CT molecular complexity index is 408. The van der Waals surface area contributed by atoms with Gasteiger partial charge < -0.3 is 15.8 Å². The maximum absolute atomic E-state index is 11.8. The summed E-state index contributed by atoms with van der Waals surface area (Å²) >= 11 is 3.36. The summed E-state index contributed by atoms with van der Waals surface area (Å²) in [5, 5.41) is 2.84. The highest BCUT2D eigenvalue weighted by Gasteiger charge is 2.08. The number of carbonyl (C=O) groups excluding carboxylic acids is 1. The van der Waals surface area contributed by atoms with Crippen LogP contribution in [0.3, 0.4) is 0 Å². The average molecular weight is 315 g/mol. The van der Waals surface area contributed by atoms with Crippen molar-refractivity contribution >= 4 is 27.5 Å². The van der Waals surface area contributed by atoms with Crippen LogP contribution in [0.15, 0.2) is 22.7 Å². The van der Waals surface area contributed by atoms with Gasteiger partial charge in [0, 0.05) is 16.9 Å². The van der Waals surface area contributed by atoms with E-state index in [1.165, 1.54) is 0 Å². The van der Waals surface area contributed by atoms with Crippen LogP contribution >= 0.6 is 15.9 Å². The van der Waals surface area contributed by atoms with E-state index in [1.54, 1.807) is 7.11 Å². The molecule has 1 amide bonds. The molecule has 0 heterocycles. The number of nitrogens with one attached hydrogen (secondary N) is 1. The quantitative estimate of drug-likeness (QED) is 0.848. The van der Waals surface area contributed by atoms with Crippen molar-refractivity contribution in [2.75, 3.05) is 12.4 Å². The number of amides is 1. The molecule has 0 aromatic heterocycles. The topological polar surface area (TPSA) is 64.3 Å². The van der Waals surface area contributed by atoms with E-state index >= 15 is 0 Å². The van der Waals surface area contributed by atoms with Gasteiger partial charge in [-0.05, 0) is 38.0 Å². The summed E-state index contributed by atoms with van der Waals surface area (Å²) in [5.74, 6) is 0.630. The van der Waals surface area contributed by atoms with Crippen LogP contribution in [0.1, 0.15) is 26.2 Å². The number of nitrogens with two attached hydrogens (primary N) is 1. The molecule has 1 atom stereocenters. The Balaban J connectivity index is 2.55. The maximum Gasteiger partial charge on any atom is 0.224 e. The maximum atomic E-state index is 11.8. The van der Waals surface area contributed by atoms with Gasteiger partial charge in [0.05, 0.1) is 12.8 Å². The van der Waals surface area contributed by atoms with Gasteiger partial charge in [0.2, 0.25) is 5.91 Å². The lowest BCUT2D eigenvalue weighted by Gasteiger charge is -2.11. The fourth-order valence-corrected chi connectivity index (χ4v) is 1.94. The Kier molecular flexibility index (Phi) is 6.15. The largest absolute Gasteiger partial charge is 0.495 e. The molecule has 0 spiro atoms. The van der Waals surface area contributed by atoms with Crippen LogP contribution in [0.25, 0.3) is 0 Å². The Labute approximate surface area is 116 Å². The molecule has 0 saturated heterocycles. The average Bonchev–Trinajstić information content (AvgIpc) is 2.28. The van der Waals surface area contributed by atoms with Crippen LogP contribution in [0.4, 0.5) is 5.69 Å². The van der Waals surface area contributed by atoms with Gasteiger partial charge in [-0.3, -0.25) is 4.79 Å². The molecule has 0 bridgehead atoms. The monoisotopic (exact) mass is 314 g/mol. The second-order valence-corrected chi connectivity index (χ2v) is 5.18. The lowest BCUT2D eigenvalue weighted by molar-refractivity contribution is -0.116. The first-order valence-electron chi connectivity index (χ1n) is 5.92. The van der Waals surface area contributed by atoms with Gasteiger partial charge in [0.25, 0.3) is 0 Å². The molecule has 0 saturated carbocycles. The van der Waals surface area contributed by atoms with Gasteiger partial charge in [-0.15, -0.1) is 0 Å². The third kappa shape index (κ3) is 5.06. The number of anilines is 1. The molecular formula is C13H19BrN2O2. The normalized spacial score (nSPS) is 12.0. The van der Waals surface area contributed by atoms with E-state index in [9.17, 15) is 4.79 Å². The molecule has 1 unspecified atom stereocenters. The molecule has 1 rings (SSSR count). The molecule has 100 valence electrons. The number of rotatable bonds is 6. The zero-order valence-corrected chi connectivity index (χ0v) is 12.3.